The number of imide groups is 1. The molecule has 3 amide bonds. The van der Waals surface area contributed by atoms with Crippen molar-refractivity contribution in [2.24, 2.45) is 0 Å². The van der Waals surface area contributed by atoms with E-state index in [9.17, 15) is 23.2 Å². The summed E-state index contributed by atoms with van der Waals surface area (Å²) in [6.45, 7) is 3.19. The Morgan fingerprint density at radius 2 is 1.70 bits per heavy atom. The first-order chi connectivity index (χ1) is 19.3. The highest BCUT2D eigenvalue weighted by Crippen LogP contribution is 2.33. The molecular weight excluding hydrogens is 536 g/mol. The number of thioether (sulfide) groups is 1. The monoisotopic (exact) mass is 563 g/mol. The number of ether oxygens (including phenoxy) is 1. The van der Waals surface area contributed by atoms with Crippen LogP contribution in [-0.2, 0) is 17.9 Å². The molecule has 2 aliphatic rings. The Balaban J connectivity index is 1.21. The van der Waals surface area contributed by atoms with Gasteiger partial charge >= 0.3 is 0 Å². The topological polar surface area (TPSA) is 70.2 Å². The fourth-order valence-electron chi connectivity index (χ4n) is 4.65. The zero-order chi connectivity index (χ0) is 28.2. The molecule has 0 aromatic heterocycles. The Labute approximate surface area is 235 Å². The van der Waals surface area contributed by atoms with Gasteiger partial charge in [0.15, 0.2) is 0 Å². The van der Waals surface area contributed by atoms with E-state index >= 15 is 0 Å². The number of carbonyl (C=O) groups excluding carboxylic acids is 3. The predicted molar refractivity (Wildman–Crippen MR) is 148 cm³/mol. The van der Waals surface area contributed by atoms with Gasteiger partial charge in [-0.25, -0.2) is 8.78 Å². The summed E-state index contributed by atoms with van der Waals surface area (Å²) in [4.78, 5) is 43.8. The summed E-state index contributed by atoms with van der Waals surface area (Å²) in [6.07, 6.45) is 1.55. The van der Waals surface area contributed by atoms with E-state index < -0.39 is 22.8 Å². The molecule has 2 aliphatic heterocycles. The molecule has 0 atom stereocenters. The molecule has 2 heterocycles. The number of methoxy groups -OCH3 is 1. The van der Waals surface area contributed by atoms with Gasteiger partial charge in [-0.15, -0.1) is 0 Å². The van der Waals surface area contributed by atoms with Gasteiger partial charge in [-0.1, -0.05) is 30.3 Å². The van der Waals surface area contributed by atoms with Crippen molar-refractivity contribution in [1.82, 2.24) is 14.7 Å². The van der Waals surface area contributed by atoms with Gasteiger partial charge < -0.3 is 9.64 Å². The number of carbonyl (C=O) groups is 3. The average molecular weight is 564 g/mol. The third-order valence-corrected chi connectivity index (χ3v) is 7.78. The molecule has 2 fully saturated rings. The van der Waals surface area contributed by atoms with Crippen LogP contribution in [-0.4, -0.2) is 65.0 Å². The van der Waals surface area contributed by atoms with Gasteiger partial charge in [0.05, 0.1) is 18.6 Å². The number of halogens is 2. The highest BCUT2D eigenvalue weighted by atomic mass is 32.2. The predicted octanol–water partition coefficient (Wildman–Crippen LogP) is 5.17. The van der Waals surface area contributed by atoms with E-state index in [1.807, 2.05) is 29.2 Å². The Kier molecular flexibility index (Phi) is 8.27. The Bertz CT molecular complexity index is 1470. The lowest BCUT2D eigenvalue weighted by atomic mass is 10.1. The maximum Gasteiger partial charge on any atom is 0.293 e. The van der Waals surface area contributed by atoms with E-state index in [1.54, 1.807) is 37.5 Å². The lowest BCUT2D eigenvalue weighted by molar-refractivity contribution is -0.123. The number of hydrogen-bond donors (Lipinski definition) is 0. The van der Waals surface area contributed by atoms with Gasteiger partial charge in [0.1, 0.15) is 17.4 Å². The maximum absolute atomic E-state index is 14.1. The fourth-order valence-corrected chi connectivity index (χ4v) is 5.49. The van der Waals surface area contributed by atoms with Crippen LogP contribution in [0.25, 0.3) is 6.08 Å². The van der Waals surface area contributed by atoms with Gasteiger partial charge in [-0.2, -0.15) is 0 Å². The van der Waals surface area contributed by atoms with Crippen LogP contribution in [0.2, 0.25) is 0 Å². The quantitative estimate of drug-likeness (QED) is 0.370. The van der Waals surface area contributed by atoms with E-state index in [4.69, 9.17) is 4.74 Å². The molecule has 0 bridgehead atoms. The first kappa shape index (κ1) is 27.5. The molecule has 0 aliphatic carbocycles. The summed E-state index contributed by atoms with van der Waals surface area (Å²) in [5.41, 5.74) is 2.31. The largest absolute Gasteiger partial charge is 0.497 e. The number of piperazine rings is 1. The van der Waals surface area contributed by atoms with Gasteiger partial charge in [-0.05, 0) is 59.3 Å². The molecule has 206 valence electrons. The van der Waals surface area contributed by atoms with Crippen LogP contribution >= 0.6 is 11.8 Å². The van der Waals surface area contributed by atoms with Crippen molar-refractivity contribution < 1.29 is 27.9 Å². The van der Waals surface area contributed by atoms with Crippen LogP contribution in [0.1, 0.15) is 27.0 Å². The second kappa shape index (κ2) is 12.0. The van der Waals surface area contributed by atoms with Crippen LogP contribution in [0.5, 0.6) is 5.75 Å². The van der Waals surface area contributed by atoms with Crippen LogP contribution in [0.15, 0.2) is 71.6 Å². The highest BCUT2D eigenvalue weighted by Gasteiger charge is 2.35. The zero-order valence-electron chi connectivity index (χ0n) is 21.8. The second-order valence-electron chi connectivity index (χ2n) is 9.55. The summed E-state index contributed by atoms with van der Waals surface area (Å²) in [7, 11) is 1.64. The summed E-state index contributed by atoms with van der Waals surface area (Å²) in [6, 6.07) is 17.9. The van der Waals surface area contributed by atoms with Crippen molar-refractivity contribution in [3.05, 3.63) is 106 Å². The van der Waals surface area contributed by atoms with Gasteiger partial charge in [0.2, 0.25) is 0 Å². The number of benzene rings is 3. The smallest absolute Gasteiger partial charge is 0.293 e. The highest BCUT2D eigenvalue weighted by molar-refractivity contribution is 8.18. The van der Waals surface area contributed by atoms with Crippen molar-refractivity contribution in [3.8, 4) is 5.75 Å². The molecule has 7 nitrogen and oxygen atoms in total. The standard InChI is InChI=1S/C30H27F2N3O4S/c1-39-25-9-5-20(6-10-25)18-33-11-13-34(14-12-33)28(36)22-4-2-3-21(15-22)16-27-29(37)35(30(38)40-27)19-23-7-8-24(31)17-26(23)32/h2-10,15-17H,11-14,18-19H2,1H3/b27-16-. The van der Waals surface area contributed by atoms with Crippen LogP contribution in [0.3, 0.4) is 0 Å². The third kappa shape index (κ3) is 6.24. The summed E-state index contributed by atoms with van der Waals surface area (Å²) in [5, 5.41) is -0.542. The number of rotatable bonds is 7. The van der Waals surface area contributed by atoms with Gasteiger partial charge in [0, 0.05) is 49.9 Å². The van der Waals surface area contributed by atoms with Crippen molar-refractivity contribution in [2.45, 2.75) is 13.1 Å². The van der Waals surface area contributed by atoms with E-state index in [-0.39, 0.29) is 22.9 Å². The van der Waals surface area contributed by atoms with Crippen molar-refractivity contribution in [3.63, 3.8) is 0 Å². The molecule has 0 radical (unpaired) electrons. The number of hydrogen-bond acceptors (Lipinski definition) is 6. The lowest BCUT2D eigenvalue weighted by Crippen LogP contribution is -2.48. The molecular formula is C30H27F2N3O4S. The van der Waals surface area contributed by atoms with Crippen molar-refractivity contribution >= 4 is 34.9 Å². The molecule has 2 saturated heterocycles. The second-order valence-corrected chi connectivity index (χ2v) is 10.5. The molecule has 0 N–H and O–H groups in total. The minimum atomic E-state index is -0.823. The van der Waals surface area contributed by atoms with Gasteiger partial charge in [-0.3, -0.25) is 24.2 Å². The number of nitrogens with zero attached hydrogens (tertiary/aromatic N) is 3. The maximum atomic E-state index is 14.1. The Morgan fingerprint density at radius 3 is 2.40 bits per heavy atom. The molecule has 5 rings (SSSR count). The fraction of sp³-hybridized carbons (Fsp3) is 0.233. The first-order valence-corrected chi connectivity index (χ1v) is 13.6. The minimum Gasteiger partial charge on any atom is -0.497 e. The SMILES string of the molecule is COc1ccc(CN2CCN(C(=O)c3cccc(/C=C4\SC(=O)N(Cc5ccc(F)cc5F)C4=O)c3)CC2)cc1. The van der Waals surface area contributed by atoms with Crippen molar-refractivity contribution in [2.75, 3.05) is 33.3 Å². The zero-order valence-corrected chi connectivity index (χ0v) is 22.6. The Hall–Kier alpha value is -4.02. The van der Waals surface area contributed by atoms with Crippen LogP contribution in [0, 0.1) is 11.6 Å². The summed E-state index contributed by atoms with van der Waals surface area (Å²) >= 11 is 0.744. The molecule has 40 heavy (non-hydrogen) atoms. The number of amides is 3. The summed E-state index contributed by atoms with van der Waals surface area (Å²) < 4.78 is 32.5. The molecule has 0 unspecified atom stereocenters. The average Bonchev–Trinajstić information content (AvgIpc) is 3.22. The van der Waals surface area contributed by atoms with E-state index in [0.29, 0.717) is 30.3 Å². The molecule has 0 saturated carbocycles. The normalized spacial score (nSPS) is 17.1. The third-order valence-electron chi connectivity index (χ3n) is 6.87. The van der Waals surface area contributed by atoms with E-state index in [1.165, 1.54) is 11.6 Å². The lowest BCUT2D eigenvalue weighted by Gasteiger charge is -2.34. The van der Waals surface area contributed by atoms with Crippen LogP contribution in [0.4, 0.5) is 13.6 Å². The van der Waals surface area contributed by atoms with Crippen LogP contribution < -0.4 is 4.74 Å². The molecule has 0 spiro atoms. The molecule has 3 aromatic carbocycles. The van der Waals surface area contributed by atoms with E-state index in [2.05, 4.69) is 4.90 Å². The first-order valence-electron chi connectivity index (χ1n) is 12.7. The van der Waals surface area contributed by atoms with Crippen molar-refractivity contribution in [1.29, 1.82) is 0 Å². The minimum absolute atomic E-state index is 0.0432. The Morgan fingerprint density at radius 1 is 0.950 bits per heavy atom. The van der Waals surface area contributed by atoms with Gasteiger partial charge in [0.25, 0.3) is 17.1 Å². The molecule has 3 aromatic rings. The molecule has 10 heteroatoms. The summed E-state index contributed by atoms with van der Waals surface area (Å²) in [5.74, 6) is -1.41. The van der Waals surface area contributed by atoms with E-state index in [0.717, 1.165) is 48.1 Å².